The van der Waals surface area contributed by atoms with E-state index in [0.717, 1.165) is 38.5 Å². The summed E-state index contributed by atoms with van der Waals surface area (Å²) in [4.78, 5) is 43.2. The summed E-state index contributed by atoms with van der Waals surface area (Å²) >= 11 is 0. The largest absolute Gasteiger partial charge is 0.464 e. The molecular formula is C21H30N2O4. The summed E-state index contributed by atoms with van der Waals surface area (Å²) in [6.45, 7) is 5.37. The molecule has 148 valence electrons. The van der Waals surface area contributed by atoms with Gasteiger partial charge in [0, 0.05) is 23.2 Å². The number of rotatable bonds is 6. The molecule has 0 bridgehead atoms. The number of ketones is 1. The maximum absolute atomic E-state index is 13.4. The van der Waals surface area contributed by atoms with Crippen molar-refractivity contribution in [1.29, 1.82) is 0 Å². The summed E-state index contributed by atoms with van der Waals surface area (Å²) in [6.07, 6.45) is 7.20. The number of amides is 1. The van der Waals surface area contributed by atoms with Crippen molar-refractivity contribution in [3.05, 3.63) is 22.5 Å². The molecule has 0 saturated heterocycles. The van der Waals surface area contributed by atoms with Crippen LogP contribution in [0.5, 0.6) is 0 Å². The summed E-state index contributed by atoms with van der Waals surface area (Å²) in [7, 11) is 1.32. The molecule has 0 radical (unpaired) electrons. The van der Waals surface area contributed by atoms with E-state index in [1.165, 1.54) is 13.5 Å². The minimum atomic E-state index is -0.528. The number of carbonyl (C=O) groups excluding carboxylic acids is 3. The zero-order valence-electron chi connectivity index (χ0n) is 16.8. The van der Waals surface area contributed by atoms with Crippen LogP contribution >= 0.6 is 0 Å². The average Bonchev–Trinajstić information content (AvgIpc) is 3.47. The Balaban J connectivity index is 1.90. The van der Waals surface area contributed by atoms with Crippen LogP contribution in [0.4, 0.5) is 0 Å². The summed E-state index contributed by atoms with van der Waals surface area (Å²) in [5.41, 5.74) is 2.06. The molecule has 0 aliphatic heterocycles. The van der Waals surface area contributed by atoms with Gasteiger partial charge in [-0.2, -0.15) is 0 Å². The maximum atomic E-state index is 13.4. The van der Waals surface area contributed by atoms with E-state index in [2.05, 4.69) is 4.98 Å². The van der Waals surface area contributed by atoms with E-state index >= 15 is 0 Å². The fourth-order valence-corrected chi connectivity index (χ4v) is 4.35. The highest BCUT2D eigenvalue weighted by atomic mass is 16.5. The van der Waals surface area contributed by atoms with Gasteiger partial charge in [0.2, 0.25) is 5.91 Å². The molecule has 1 N–H and O–H groups in total. The SMILES string of the molecule is COC(=O)c1[nH]c(C)c(C(=O)C(C)N(C(=O)C2CC2)C2CCCCC2)c1C. The number of Topliss-reactive ketones (excluding diaryl/α,β-unsaturated/α-hetero) is 1. The first-order valence-corrected chi connectivity index (χ1v) is 10.0. The van der Waals surface area contributed by atoms with Gasteiger partial charge < -0.3 is 14.6 Å². The van der Waals surface area contributed by atoms with Crippen molar-refractivity contribution in [3.63, 3.8) is 0 Å². The molecule has 1 unspecified atom stereocenters. The standard InChI is InChI=1S/C21H30N2O4/c1-12-17(13(2)22-18(12)21(26)27-4)19(24)14(3)23(20(25)15-10-11-15)16-8-6-5-7-9-16/h14-16,22H,5-11H2,1-4H3. The molecular weight excluding hydrogens is 344 g/mol. The monoisotopic (exact) mass is 374 g/mol. The van der Waals surface area contributed by atoms with Crippen molar-refractivity contribution >= 4 is 17.7 Å². The van der Waals surface area contributed by atoms with Crippen LogP contribution in [-0.2, 0) is 9.53 Å². The number of aromatic amines is 1. The van der Waals surface area contributed by atoms with E-state index in [4.69, 9.17) is 4.74 Å². The van der Waals surface area contributed by atoms with Crippen molar-refractivity contribution in [2.24, 2.45) is 5.92 Å². The van der Waals surface area contributed by atoms with E-state index in [1.807, 2.05) is 11.8 Å². The highest BCUT2D eigenvalue weighted by Gasteiger charge is 2.41. The zero-order valence-corrected chi connectivity index (χ0v) is 16.8. The van der Waals surface area contributed by atoms with Crippen molar-refractivity contribution in [1.82, 2.24) is 9.88 Å². The van der Waals surface area contributed by atoms with E-state index in [-0.39, 0.29) is 23.7 Å². The fourth-order valence-electron chi connectivity index (χ4n) is 4.35. The molecule has 2 aliphatic rings. The van der Waals surface area contributed by atoms with Gasteiger partial charge in [0.15, 0.2) is 5.78 Å². The normalized spacial score (nSPS) is 18.8. The molecule has 6 nitrogen and oxygen atoms in total. The summed E-state index contributed by atoms with van der Waals surface area (Å²) < 4.78 is 4.80. The lowest BCUT2D eigenvalue weighted by molar-refractivity contribution is -0.137. The van der Waals surface area contributed by atoms with Crippen LogP contribution in [0, 0.1) is 19.8 Å². The van der Waals surface area contributed by atoms with Crippen LogP contribution in [0.2, 0.25) is 0 Å². The Morgan fingerprint density at radius 3 is 2.26 bits per heavy atom. The van der Waals surface area contributed by atoms with Crippen molar-refractivity contribution in [2.75, 3.05) is 7.11 Å². The van der Waals surface area contributed by atoms with Crippen molar-refractivity contribution < 1.29 is 19.1 Å². The van der Waals surface area contributed by atoms with Gasteiger partial charge in [0.1, 0.15) is 5.69 Å². The first-order chi connectivity index (χ1) is 12.9. The summed E-state index contributed by atoms with van der Waals surface area (Å²) in [5, 5.41) is 0. The number of esters is 1. The fraction of sp³-hybridized carbons (Fsp3) is 0.667. The zero-order chi connectivity index (χ0) is 19.7. The van der Waals surface area contributed by atoms with Crippen LogP contribution in [0.1, 0.15) is 84.0 Å². The van der Waals surface area contributed by atoms with E-state index < -0.39 is 12.0 Å². The number of ether oxygens (including phenoxy) is 1. The molecule has 1 atom stereocenters. The van der Waals surface area contributed by atoms with Gasteiger partial charge in [-0.05, 0) is 52.0 Å². The molecule has 2 fully saturated rings. The van der Waals surface area contributed by atoms with Crippen LogP contribution in [0.3, 0.4) is 0 Å². The Bertz CT molecular complexity index is 742. The number of methoxy groups -OCH3 is 1. The Hall–Kier alpha value is -2.11. The molecule has 6 heteroatoms. The van der Waals surface area contributed by atoms with Gasteiger partial charge in [-0.25, -0.2) is 4.79 Å². The average molecular weight is 374 g/mol. The van der Waals surface area contributed by atoms with Crippen LogP contribution in [0.25, 0.3) is 0 Å². The molecule has 2 aliphatic carbocycles. The van der Waals surface area contributed by atoms with Gasteiger partial charge in [0.05, 0.1) is 13.2 Å². The molecule has 1 aromatic heterocycles. The molecule has 3 rings (SSSR count). The third kappa shape index (κ3) is 3.80. The molecule has 27 heavy (non-hydrogen) atoms. The lowest BCUT2D eigenvalue weighted by atomic mass is 9.91. The predicted molar refractivity (Wildman–Crippen MR) is 102 cm³/mol. The molecule has 0 spiro atoms. The lowest BCUT2D eigenvalue weighted by Crippen LogP contribution is -2.50. The van der Waals surface area contributed by atoms with Gasteiger partial charge in [-0.1, -0.05) is 19.3 Å². The van der Waals surface area contributed by atoms with Crippen LogP contribution in [0.15, 0.2) is 0 Å². The van der Waals surface area contributed by atoms with Crippen LogP contribution in [-0.4, -0.2) is 46.7 Å². The van der Waals surface area contributed by atoms with Crippen LogP contribution < -0.4 is 0 Å². The maximum Gasteiger partial charge on any atom is 0.354 e. The number of hydrogen-bond acceptors (Lipinski definition) is 4. The predicted octanol–water partition coefficient (Wildman–Crippen LogP) is 3.56. The number of nitrogens with zero attached hydrogens (tertiary/aromatic N) is 1. The molecule has 0 aromatic carbocycles. The topological polar surface area (TPSA) is 79.5 Å². The first kappa shape index (κ1) is 19.6. The van der Waals surface area contributed by atoms with E-state index in [9.17, 15) is 14.4 Å². The highest BCUT2D eigenvalue weighted by molar-refractivity contribution is 6.06. The lowest BCUT2D eigenvalue weighted by Gasteiger charge is -2.38. The third-order valence-corrected chi connectivity index (χ3v) is 6.02. The smallest absolute Gasteiger partial charge is 0.354 e. The quantitative estimate of drug-likeness (QED) is 0.610. The van der Waals surface area contributed by atoms with E-state index in [0.29, 0.717) is 22.5 Å². The van der Waals surface area contributed by atoms with Crippen molar-refractivity contribution in [2.45, 2.75) is 77.8 Å². The second kappa shape index (κ2) is 7.87. The minimum absolute atomic E-state index is 0.0845. The van der Waals surface area contributed by atoms with Gasteiger partial charge in [-0.3, -0.25) is 9.59 Å². The van der Waals surface area contributed by atoms with Gasteiger partial charge in [0.25, 0.3) is 0 Å². The second-order valence-electron chi connectivity index (χ2n) is 7.97. The molecule has 1 aromatic rings. The second-order valence-corrected chi connectivity index (χ2v) is 7.97. The Morgan fingerprint density at radius 2 is 1.70 bits per heavy atom. The number of nitrogens with one attached hydrogen (secondary N) is 1. The van der Waals surface area contributed by atoms with Gasteiger partial charge in [-0.15, -0.1) is 0 Å². The summed E-state index contributed by atoms with van der Waals surface area (Å²) in [6, 6.07) is -0.384. The Morgan fingerprint density at radius 1 is 1.07 bits per heavy atom. The number of H-pyrrole nitrogens is 1. The number of hydrogen-bond donors (Lipinski definition) is 1. The molecule has 1 heterocycles. The number of aromatic nitrogens is 1. The highest BCUT2D eigenvalue weighted by Crippen LogP contribution is 2.35. The van der Waals surface area contributed by atoms with Gasteiger partial charge >= 0.3 is 5.97 Å². The first-order valence-electron chi connectivity index (χ1n) is 10.0. The molecule has 2 saturated carbocycles. The Labute approximate surface area is 160 Å². The Kier molecular flexibility index (Phi) is 5.72. The summed E-state index contributed by atoms with van der Waals surface area (Å²) in [5.74, 6) is -0.375. The van der Waals surface area contributed by atoms with E-state index in [1.54, 1.807) is 13.8 Å². The molecule has 1 amide bonds. The third-order valence-electron chi connectivity index (χ3n) is 6.02. The minimum Gasteiger partial charge on any atom is -0.464 e. The van der Waals surface area contributed by atoms with Crippen molar-refractivity contribution in [3.8, 4) is 0 Å². The number of carbonyl (C=O) groups is 3. The number of aryl methyl sites for hydroxylation is 1.